The van der Waals surface area contributed by atoms with Crippen LogP contribution in [0.3, 0.4) is 0 Å². The Labute approximate surface area is 230 Å². The van der Waals surface area contributed by atoms with Gasteiger partial charge in [-0.25, -0.2) is 19.7 Å². The molecule has 0 saturated carbocycles. The summed E-state index contributed by atoms with van der Waals surface area (Å²) in [6.45, 7) is 1.65. The predicted octanol–water partition coefficient (Wildman–Crippen LogP) is 6.80. The number of pyridine rings is 1. The van der Waals surface area contributed by atoms with Crippen molar-refractivity contribution in [3.05, 3.63) is 88.9 Å². The minimum atomic E-state index is -5.02. The van der Waals surface area contributed by atoms with E-state index in [0.717, 1.165) is 11.6 Å². The molecule has 0 atom stereocenters. The smallest absolute Gasteiger partial charge is 0.416 e. The number of carboxylic acid groups (broad SMARTS) is 1. The first-order valence-electron chi connectivity index (χ1n) is 12.5. The van der Waals surface area contributed by atoms with E-state index in [9.17, 15) is 36.2 Å². The number of ether oxygens (including phenoxy) is 1. The lowest BCUT2D eigenvalue weighted by atomic mass is 10.0. The van der Waals surface area contributed by atoms with Gasteiger partial charge in [-0.3, -0.25) is 0 Å². The van der Waals surface area contributed by atoms with E-state index in [1.807, 2.05) is 6.92 Å². The molecule has 1 N–H and O–H groups in total. The molecule has 0 radical (unpaired) electrons. The van der Waals surface area contributed by atoms with Crippen LogP contribution in [0.5, 0.6) is 5.75 Å². The number of aromatic nitrogens is 3. The second-order valence-corrected chi connectivity index (χ2v) is 9.07. The summed E-state index contributed by atoms with van der Waals surface area (Å²) < 4.78 is 86.6. The summed E-state index contributed by atoms with van der Waals surface area (Å²) >= 11 is 0. The summed E-state index contributed by atoms with van der Waals surface area (Å²) in [7, 11) is 0. The minimum absolute atomic E-state index is 0.0702. The van der Waals surface area contributed by atoms with Gasteiger partial charge in [-0.2, -0.15) is 26.3 Å². The molecule has 0 fully saturated rings. The maximum absolute atomic E-state index is 13.8. The quantitative estimate of drug-likeness (QED) is 0.164. The largest absolute Gasteiger partial charge is 0.491 e. The van der Waals surface area contributed by atoms with E-state index in [1.165, 1.54) is 23.4 Å². The summed E-state index contributed by atoms with van der Waals surface area (Å²) in [5, 5.41) is 9.90. The summed E-state index contributed by atoms with van der Waals surface area (Å²) in [5.41, 5.74) is -2.19. The fourth-order valence-corrected chi connectivity index (χ4v) is 4.10. The van der Waals surface area contributed by atoms with Gasteiger partial charge in [0.05, 0.1) is 17.7 Å². The summed E-state index contributed by atoms with van der Waals surface area (Å²) in [6, 6.07) is 9.57. The molecule has 2 aromatic heterocycles. The SMILES string of the molecule is CCc1cnc(N(CCCOc2cccc3ccc(C(=O)O)nc23)Cc2ccc(C(F)(F)F)cc2C(F)(F)F)nc1. The Balaban J connectivity index is 1.56. The molecular formula is C28H24F6N4O3. The van der Waals surface area contributed by atoms with E-state index in [0.29, 0.717) is 29.1 Å². The number of benzene rings is 2. The Kier molecular flexibility index (Phi) is 8.64. The number of anilines is 1. The van der Waals surface area contributed by atoms with Crippen molar-refractivity contribution in [2.24, 2.45) is 0 Å². The lowest BCUT2D eigenvalue weighted by Crippen LogP contribution is -2.28. The van der Waals surface area contributed by atoms with Gasteiger partial charge in [0.25, 0.3) is 0 Å². The van der Waals surface area contributed by atoms with Gasteiger partial charge in [0.1, 0.15) is 17.0 Å². The van der Waals surface area contributed by atoms with Crippen molar-refractivity contribution in [2.45, 2.75) is 38.7 Å². The average Bonchev–Trinajstić information content (AvgIpc) is 2.93. The molecule has 0 aliphatic rings. The van der Waals surface area contributed by atoms with Crippen molar-refractivity contribution in [3.63, 3.8) is 0 Å². The molecule has 2 heterocycles. The molecule has 41 heavy (non-hydrogen) atoms. The highest BCUT2D eigenvalue weighted by molar-refractivity contribution is 5.91. The normalized spacial score (nSPS) is 12.0. The van der Waals surface area contributed by atoms with Crippen LogP contribution in [-0.4, -0.2) is 39.2 Å². The standard InChI is InChI=1S/C28H24F6N4O3/c1-2-17-14-35-26(36-15-17)38(16-19-7-9-20(27(29,30)31)13-21(19)28(32,33)34)11-4-12-41-23-6-3-5-18-8-10-22(25(39)40)37-24(18)23/h3,5-10,13-15H,2,4,11-12,16H2,1H3,(H,39,40). The Bertz CT molecular complexity index is 1520. The molecule has 0 unspecified atom stereocenters. The van der Waals surface area contributed by atoms with Crippen molar-refractivity contribution >= 4 is 22.8 Å². The lowest BCUT2D eigenvalue weighted by Gasteiger charge is -2.25. The first-order valence-corrected chi connectivity index (χ1v) is 12.5. The Morgan fingerprint density at radius 2 is 1.71 bits per heavy atom. The lowest BCUT2D eigenvalue weighted by molar-refractivity contribution is -0.143. The van der Waals surface area contributed by atoms with Crippen LogP contribution in [0.15, 0.2) is 60.9 Å². The van der Waals surface area contributed by atoms with E-state index in [4.69, 9.17) is 4.74 Å². The van der Waals surface area contributed by atoms with Gasteiger partial charge >= 0.3 is 18.3 Å². The molecule has 216 valence electrons. The van der Waals surface area contributed by atoms with E-state index in [1.54, 1.807) is 24.3 Å². The first kappa shape index (κ1) is 29.6. The molecule has 4 aromatic rings. The number of aromatic carboxylic acids is 1. The molecular weight excluding hydrogens is 554 g/mol. The molecule has 7 nitrogen and oxygen atoms in total. The summed E-state index contributed by atoms with van der Waals surface area (Å²) in [5.74, 6) is -0.774. The van der Waals surface area contributed by atoms with Crippen molar-refractivity contribution in [1.82, 2.24) is 15.0 Å². The van der Waals surface area contributed by atoms with Gasteiger partial charge < -0.3 is 14.7 Å². The molecule has 0 saturated heterocycles. The van der Waals surface area contributed by atoms with Crippen LogP contribution in [0, 0.1) is 0 Å². The van der Waals surface area contributed by atoms with Crippen molar-refractivity contribution in [1.29, 1.82) is 0 Å². The van der Waals surface area contributed by atoms with Gasteiger partial charge in [0.15, 0.2) is 0 Å². The number of aryl methyl sites for hydroxylation is 1. The van der Waals surface area contributed by atoms with Crippen LogP contribution >= 0.6 is 0 Å². The monoisotopic (exact) mass is 578 g/mol. The van der Waals surface area contributed by atoms with Gasteiger partial charge in [0.2, 0.25) is 5.95 Å². The van der Waals surface area contributed by atoms with Crippen molar-refractivity contribution < 1.29 is 41.0 Å². The zero-order valence-corrected chi connectivity index (χ0v) is 21.6. The third-order valence-corrected chi connectivity index (χ3v) is 6.22. The maximum Gasteiger partial charge on any atom is 0.416 e. The number of carbonyl (C=O) groups is 1. The zero-order valence-electron chi connectivity index (χ0n) is 21.6. The number of para-hydroxylation sites is 1. The van der Waals surface area contributed by atoms with Gasteiger partial charge in [-0.1, -0.05) is 31.2 Å². The molecule has 0 spiro atoms. The molecule has 4 rings (SSSR count). The number of halogens is 6. The molecule has 0 aliphatic heterocycles. The Morgan fingerprint density at radius 3 is 2.34 bits per heavy atom. The maximum atomic E-state index is 13.8. The van der Waals surface area contributed by atoms with Crippen LogP contribution in [-0.2, 0) is 25.3 Å². The molecule has 0 bridgehead atoms. The van der Waals surface area contributed by atoms with Crippen LogP contribution in [0.25, 0.3) is 10.9 Å². The number of rotatable bonds is 10. The number of carboxylic acids is 1. The molecule has 0 amide bonds. The van der Waals surface area contributed by atoms with Crippen molar-refractivity contribution in [2.75, 3.05) is 18.1 Å². The van der Waals surface area contributed by atoms with Crippen LogP contribution in [0.1, 0.15) is 46.1 Å². The van der Waals surface area contributed by atoms with Gasteiger partial charge in [0, 0.05) is 30.9 Å². The van der Waals surface area contributed by atoms with Crippen molar-refractivity contribution in [3.8, 4) is 5.75 Å². The van der Waals surface area contributed by atoms with E-state index in [2.05, 4.69) is 15.0 Å². The second-order valence-electron chi connectivity index (χ2n) is 9.07. The zero-order chi connectivity index (χ0) is 29.8. The third-order valence-electron chi connectivity index (χ3n) is 6.22. The van der Waals surface area contributed by atoms with Crippen LogP contribution < -0.4 is 9.64 Å². The summed E-state index contributed by atoms with van der Waals surface area (Å²) in [4.78, 5) is 25.4. The molecule has 2 aromatic carbocycles. The Morgan fingerprint density at radius 1 is 0.976 bits per heavy atom. The first-order chi connectivity index (χ1) is 19.4. The van der Waals surface area contributed by atoms with E-state index < -0.39 is 36.0 Å². The van der Waals surface area contributed by atoms with Crippen LogP contribution in [0.4, 0.5) is 32.3 Å². The number of hydrogen-bond acceptors (Lipinski definition) is 6. The number of fused-ring (bicyclic) bond motifs is 1. The Hall–Kier alpha value is -4.42. The van der Waals surface area contributed by atoms with Crippen LogP contribution in [0.2, 0.25) is 0 Å². The highest BCUT2D eigenvalue weighted by Crippen LogP contribution is 2.38. The topological polar surface area (TPSA) is 88.4 Å². The minimum Gasteiger partial charge on any atom is -0.491 e. The van der Waals surface area contributed by atoms with Gasteiger partial charge in [-0.15, -0.1) is 0 Å². The average molecular weight is 579 g/mol. The number of alkyl halides is 6. The van der Waals surface area contributed by atoms with E-state index in [-0.39, 0.29) is 42.8 Å². The number of nitrogens with zero attached hydrogens (tertiary/aromatic N) is 4. The fraction of sp³-hybridized carbons (Fsp3) is 0.286. The molecule has 0 aliphatic carbocycles. The highest BCUT2D eigenvalue weighted by Gasteiger charge is 2.38. The molecule has 13 heteroatoms. The third kappa shape index (κ3) is 7.21. The van der Waals surface area contributed by atoms with Gasteiger partial charge in [-0.05, 0) is 48.2 Å². The number of hydrogen-bond donors (Lipinski definition) is 1. The predicted molar refractivity (Wildman–Crippen MR) is 138 cm³/mol. The van der Waals surface area contributed by atoms with E-state index >= 15 is 0 Å². The summed E-state index contributed by atoms with van der Waals surface area (Å²) in [6.07, 6.45) is -6.00. The fourth-order valence-electron chi connectivity index (χ4n) is 4.10. The highest BCUT2D eigenvalue weighted by atomic mass is 19.4. The second kappa shape index (κ2) is 12.0.